The van der Waals surface area contributed by atoms with Crippen molar-refractivity contribution in [2.45, 2.75) is 0 Å². The van der Waals surface area contributed by atoms with Crippen molar-refractivity contribution in [3.63, 3.8) is 0 Å². The molecule has 1 heteroatoms. The Morgan fingerprint density at radius 3 is 1.67 bits per heavy atom. The highest BCUT2D eigenvalue weighted by Gasteiger charge is 1.74. The van der Waals surface area contributed by atoms with E-state index < -0.39 is 0 Å². The summed E-state index contributed by atoms with van der Waals surface area (Å²) in [7, 11) is 0. The Morgan fingerprint density at radius 2 is 1.44 bits per heavy atom. The average Bonchev–Trinajstić information content (AvgIpc) is 1.94. The first-order valence-corrected chi connectivity index (χ1v) is 2.81. The molecule has 9 heavy (non-hydrogen) atoms. The van der Waals surface area contributed by atoms with E-state index in [1.165, 1.54) is 0 Å². The first kappa shape index (κ1) is 8.07. The van der Waals surface area contributed by atoms with E-state index in [0.29, 0.717) is 0 Å². The summed E-state index contributed by atoms with van der Waals surface area (Å²) < 4.78 is 0. The minimum atomic E-state index is 0.794. The molecule has 46 valence electrons. The van der Waals surface area contributed by atoms with Gasteiger partial charge in [0.2, 0.25) is 0 Å². The van der Waals surface area contributed by atoms with Gasteiger partial charge in [-0.05, 0) is 12.1 Å². The van der Waals surface area contributed by atoms with Crippen molar-refractivity contribution < 1.29 is 0 Å². The molecule has 0 bridgehead atoms. The molecule has 1 aromatic carbocycles. The van der Waals surface area contributed by atoms with Gasteiger partial charge in [0.1, 0.15) is 0 Å². The van der Waals surface area contributed by atoms with Gasteiger partial charge in [-0.3, -0.25) is 0 Å². The van der Waals surface area contributed by atoms with Crippen LogP contribution in [-0.2, 0) is 0 Å². The second-order valence-electron chi connectivity index (χ2n) is 1.30. The first-order valence-electron chi connectivity index (χ1n) is 2.43. The maximum Gasteiger partial charge on any atom is 0.0405 e. The fourth-order valence-electron chi connectivity index (χ4n) is 0.415. The Labute approximate surface area is 60.5 Å². The third kappa shape index (κ3) is 3.64. The topological polar surface area (TPSA) is 0 Å². The highest BCUT2D eigenvalue weighted by atomic mass is 35.5. The molecular weight excluding hydrogens is 132 g/mol. The lowest BCUT2D eigenvalue weighted by molar-refractivity contribution is 1.71. The van der Waals surface area contributed by atoms with Crippen LogP contribution < -0.4 is 0 Å². The molecular formula is C8H7Cl. The smallest absolute Gasteiger partial charge is 0.0405 e. The molecule has 0 unspecified atom stereocenters. The van der Waals surface area contributed by atoms with E-state index in [1.54, 1.807) is 0 Å². The molecule has 0 heterocycles. The molecule has 1 aromatic rings. The average molecular weight is 139 g/mol. The van der Waals surface area contributed by atoms with Gasteiger partial charge in [0.15, 0.2) is 0 Å². The van der Waals surface area contributed by atoms with Crippen molar-refractivity contribution in [1.29, 1.82) is 0 Å². The summed E-state index contributed by atoms with van der Waals surface area (Å²) >= 11 is 5.54. The predicted octanol–water partition coefficient (Wildman–Crippen LogP) is 2.59. The summed E-state index contributed by atoms with van der Waals surface area (Å²) in [4.78, 5) is 0. The van der Waals surface area contributed by atoms with Gasteiger partial charge in [-0.15, -0.1) is 12.8 Å². The van der Waals surface area contributed by atoms with E-state index in [-0.39, 0.29) is 0 Å². The highest BCUT2D eigenvalue weighted by Crippen LogP contribution is 2.03. The Morgan fingerprint density at radius 1 is 1.00 bits per heavy atom. The van der Waals surface area contributed by atoms with Crippen LogP contribution in [0.4, 0.5) is 0 Å². The number of rotatable bonds is 0. The number of benzene rings is 1. The quantitative estimate of drug-likeness (QED) is 0.484. The van der Waals surface area contributed by atoms with Crippen LogP contribution >= 0.6 is 11.6 Å². The van der Waals surface area contributed by atoms with E-state index in [1.807, 2.05) is 30.3 Å². The number of terminal acetylenes is 1. The van der Waals surface area contributed by atoms with E-state index in [2.05, 4.69) is 12.8 Å². The predicted molar refractivity (Wildman–Crippen MR) is 41.3 cm³/mol. The molecule has 0 aliphatic heterocycles. The van der Waals surface area contributed by atoms with Crippen LogP contribution in [0, 0.1) is 12.8 Å². The SMILES string of the molecule is C#C.Clc1ccccc1. The van der Waals surface area contributed by atoms with Gasteiger partial charge >= 0.3 is 0 Å². The van der Waals surface area contributed by atoms with E-state index in [0.717, 1.165) is 5.02 Å². The van der Waals surface area contributed by atoms with Crippen molar-refractivity contribution in [2.24, 2.45) is 0 Å². The van der Waals surface area contributed by atoms with Gasteiger partial charge < -0.3 is 0 Å². The lowest BCUT2D eigenvalue weighted by Gasteiger charge is -1.80. The summed E-state index contributed by atoms with van der Waals surface area (Å²) in [5, 5.41) is 0.794. The highest BCUT2D eigenvalue weighted by molar-refractivity contribution is 6.30. The molecule has 0 saturated carbocycles. The Kier molecular flexibility index (Phi) is 4.67. The molecule has 0 aliphatic carbocycles. The zero-order chi connectivity index (χ0) is 7.11. The molecule has 0 atom stereocenters. The maximum atomic E-state index is 5.54. The monoisotopic (exact) mass is 138 g/mol. The van der Waals surface area contributed by atoms with Crippen molar-refractivity contribution in [2.75, 3.05) is 0 Å². The number of hydrogen-bond donors (Lipinski definition) is 0. The van der Waals surface area contributed by atoms with Crippen LogP contribution in [0.15, 0.2) is 30.3 Å². The summed E-state index contributed by atoms with van der Waals surface area (Å²) in [5.41, 5.74) is 0. The molecule has 0 radical (unpaired) electrons. The summed E-state index contributed by atoms with van der Waals surface area (Å²) in [6.07, 6.45) is 8.00. The molecule has 0 aliphatic rings. The van der Waals surface area contributed by atoms with Gasteiger partial charge in [0, 0.05) is 5.02 Å². The molecule has 0 fully saturated rings. The molecule has 0 nitrogen and oxygen atoms in total. The van der Waals surface area contributed by atoms with Crippen LogP contribution in [-0.4, -0.2) is 0 Å². The molecule has 0 amide bonds. The normalized spacial score (nSPS) is 7.00. The van der Waals surface area contributed by atoms with E-state index in [4.69, 9.17) is 11.6 Å². The van der Waals surface area contributed by atoms with Gasteiger partial charge in [0.05, 0.1) is 0 Å². The fraction of sp³-hybridized carbons (Fsp3) is 0. The summed E-state index contributed by atoms with van der Waals surface area (Å²) in [6, 6.07) is 9.44. The molecule has 0 aromatic heterocycles. The van der Waals surface area contributed by atoms with E-state index in [9.17, 15) is 0 Å². The van der Waals surface area contributed by atoms with Crippen molar-refractivity contribution in [1.82, 2.24) is 0 Å². The lowest BCUT2D eigenvalue weighted by atomic mass is 10.4. The third-order valence-electron chi connectivity index (χ3n) is 0.733. The van der Waals surface area contributed by atoms with Crippen LogP contribution in [0.2, 0.25) is 5.02 Å². The fourth-order valence-corrected chi connectivity index (χ4v) is 0.560. The molecule has 1 rings (SSSR count). The minimum Gasteiger partial charge on any atom is -0.124 e. The lowest BCUT2D eigenvalue weighted by Crippen LogP contribution is -1.55. The largest absolute Gasteiger partial charge is 0.124 e. The second-order valence-corrected chi connectivity index (χ2v) is 1.73. The van der Waals surface area contributed by atoms with Crippen LogP contribution in [0.25, 0.3) is 0 Å². The maximum absolute atomic E-state index is 5.54. The van der Waals surface area contributed by atoms with Crippen molar-refractivity contribution >= 4 is 11.6 Å². The molecule has 0 N–H and O–H groups in total. The van der Waals surface area contributed by atoms with Gasteiger partial charge in [-0.25, -0.2) is 0 Å². The van der Waals surface area contributed by atoms with Crippen molar-refractivity contribution in [3.05, 3.63) is 35.4 Å². The van der Waals surface area contributed by atoms with Gasteiger partial charge in [-0.1, -0.05) is 29.8 Å². The van der Waals surface area contributed by atoms with Crippen molar-refractivity contribution in [3.8, 4) is 12.8 Å². The van der Waals surface area contributed by atoms with Crippen LogP contribution in [0.1, 0.15) is 0 Å². The zero-order valence-electron chi connectivity index (χ0n) is 4.92. The zero-order valence-corrected chi connectivity index (χ0v) is 5.68. The molecule has 0 saturated heterocycles. The standard InChI is InChI=1S/C6H5Cl.C2H2/c7-6-4-2-1-3-5-6;1-2/h1-5H;1-2H. The van der Waals surface area contributed by atoms with Crippen LogP contribution in [0.3, 0.4) is 0 Å². The Balaban J connectivity index is 0.000000291. The van der Waals surface area contributed by atoms with E-state index >= 15 is 0 Å². The third-order valence-corrected chi connectivity index (χ3v) is 0.985. The number of hydrogen-bond acceptors (Lipinski definition) is 0. The summed E-state index contributed by atoms with van der Waals surface area (Å²) in [5.74, 6) is 0. The Hall–Kier alpha value is -0.930. The minimum absolute atomic E-state index is 0.794. The first-order chi connectivity index (χ1) is 4.39. The van der Waals surface area contributed by atoms with Gasteiger partial charge in [-0.2, -0.15) is 0 Å². The Bertz CT molecular complexity index is 164. The van der Waals surface area contributed by atoms with Crippen LogP contribution in [0.5, 0.6) is 0 Å². The molecule has 0 spiro atoms. The van der Waals surface area contributed by atoms with Gasteiger partial charge in [0.25, 0.3) is 0 Å². The summed E-state index contributed by atoms with van der Waals surface area (Å²) in [6.45, 7) is 0. The number of halogens is 1. The second kappa shape index (κ2) is 5.21.